The number of hydrogen-bond acceptors (Lipinski definition) is 6. The number of amides is 2. The van der Waals surface area contributed by atoms with E-state index in [1.165, 1.54) is 17.1 Å². The fourth-order valence-electron chi connectivity index (χ4n) is 5.71. The fourth-order valence-corrected chi connectivity index (χ4v) is 6.26. The minimum absolute atomic E-state index is 0.0398. The Morgan fingerprint density at radius 3 is 2.31 bits per heavy atom. The van der Waals surface area contributed by atoms with E-state index in [0.717, 1.165) is 36.0 Å². The molecule has 9 nitrogen and oxygen atoms in total. The maximum absolute atomic E-state index is 14.3. The normalized spacial score (nSPS) is 16.5. The van der Waals surface area contributed by atoms with Crippen molar-refractivity contribution in [3.63, 3.8) is 0 Å². The number of nitrogens with one attached hydrogen (secondary N) is 1. The number of hydrogen-bond donors (Lipinski definition) is 2. The molecule has 1 heterocycles. The molecule has 10 heteroatoms. The van der Waals surface area contributed by atoms with Crippen LogP contribution in [0.15, 0.2) is 65.6 Å². The second-order valence-corrected chi connectivity index (χ2v) is 13.4. The third-order valence-corrected chi connectivity index (χ3v) is 8.37. The third-order valence-electron chi connectivity index (χ3n) is 7.68. The van der Waals surface area contributed by atoms with Gasteiger partial charge in [0.05, 0.1) is 12.6 Å². The van der Waals surface area contributed by atoms with Gasteiger partial charge in [-0.15, -0.1) is 0 Å². The van der Waals surface area contributed by atoms with E-state index in [4.69, 9.17) is 14.2 Å². The van der Waals surface area contributed by atoms with Gasteiger partial charge in [0.2, 0.25) is 0 Å². The largest absolute Gasteiger partial charge is 0.490 e. The van der Waals surface area contributed by atoms with Crippen LogP contribution in [0.3, 0.4) is 0 Å². The maximum atomic E-state index is 14.3. The molecule has 4 rings (SSSR count). The quantitative estimate of drug-likeness (QED) is 0.145. The molecule has 0 aliphatic carbocycles. The molecule has 3 atom stereocenters. The Kier molecular flexibility index (Phi) is 11.5. The molecular weight excluding hydrogens is 592 g/mol. The lowest BCUT2D eigenvalue weighted by Crippen LogP contribution is -2.51. The maximum Gasteiger partial charge on any atom is 0.272 e. The molecule has 0 aromatic heterocycles. The molecule has 1 saturated heterocycles. The zero-order valence-corrected chi connectivity index (χ0v) is 27.7. The SMILES string of the molecule is Cc1cc(C)cc(C(=O)N(NC(=O)c2ccc(S(=O)O)c(OCCOC3CCCCO3)c2C)C(c2ccccc2)C(C)(C)C)c1. The Morgan fingerprint density at radius 1 is 1.02 bits per heavy atom. The lowest BCUT2D eigenvalue weighted by Gasteiger charge is -2.40. The van der Waals surface area contributed by atoms with Crippen LogP contribution < -0.4 is 10.2 Å². The third kappa shape index (κ3) is 8.79. The predicted octanol–water partition coefficient (Wildman–Crippen LogP) is 6.69. The molecule has 1 aliphatic rings. The first-order valence-electron chi connectivity index (χ1n) is 15.2. The summed E-state index contributed by atoms with van der Waals surface area (Å²) in [5.41, 5.74) is 6.18. The van der Waals surface area contributed by atoms with E-state index in [-0.39, 0.29) is 41.6 Å². The van der Waals surface area contributed by atoms with Gasteiger partial charge in [-0.05, 0) is 75.3 Å². The van der Waals surface area contributed by atoms with Gasteiger partial charge in [-0.2, -0.15) is 0 Å². The second-order valence-electron chi connectivity index (χ2n) is 12.5. The summed E-state index contributed by atoms with van der Waals surface area (Å²) < 4.78 is 39.5. The van der Waals surface area contributed by atoms with Crippen LogP contribution in [0.1, 0.15) is 89.0 Å². The highest BCUT2D eigenvalue weighted by molar-refractivity contribution is 7.79. The Morgan fingerprint density at radius 2 is 1.71 bits per heavy atom. The molecule has 2 amide bonds. The van der Waals surface area contributed by atoms with Crippen LogP contribution in [-0.4, -0.2) is 51.7 Å². The van der Waals surface area contributed by atoms with Crippen LogP contribution in [0.2, 0.25) is 0 Å². The Labute approximate surface area is 268 Å². The van der Waals surface area contributed by atoms with Gasteiger partial charge in [0, 0.05) is 23.3 Å². The predicted molar refractivity (Wildman–Crippen MR) is 173 cm³/mol. The smallest absolute Gasteiger partial charge is 0.272 e. The van der Waals surface area contributed by atoms with Crippen LogP contribution in [0.25, 0.3) is 0 Å². The van der Waals surface area contributed by atoms with Crippen LogP contribution in [0, 0.1) is 26.2 Å². The molecular formula is C35H44N2O7S. The summed E-state index contributed by atoms with van der Waals surface area (Å²) in [5, 5.41) is 1.40. The molecule has 3 aromatic carbocycles. The van der Waals surface area contributed by atoms with Gasteiger partial charge in [0.1, 0.15) is 17.3 Å². The number of rotatable bonds is 10. The molecule has 1 fully saturated rings. The van der Waals surface area contributed by atoms with Crippen molar-refractivity contribution in [2.75, 3.05) is 19.8 Å². The number of benzene rings is 3. The monoisotopic (exact) mass is 636 g/mol. The van der Waals surface area contributed by atoms with E-state index in [9.17, 15) is 18.4 Å². The molecule has 0 spiro atoms. The number of hydrazine groups is 1. The molecule has 1 aliphatic heterocycles. The lowest BCUT2D eigenvalue weighted by atomic mass is 9.81. The van der Waals surface area contributed by atoms with Crippen molar-refractivity contribution in [3.05, 3.63) is 94.0 Å². The van der Waals surface area contributed by atoms with E-state index in [2.05, 4.69) is 5.43 Å². The summed E-state index contributed by atoms with van der Waals surface area (Å²) in [6.45, 7) is 12.5. The van der Waals surface area contributed by atoms with Crippen molar-refractivity contribution in [2.45, 2.75) is 78.0 Å². The van der Waals surface area contributed by atoms with Crippen LogP contribution in [-0.2, 0) is 20.6 Å². The van der Waals surface area contributed by atoms with Crippen molar-refractivity contribution in [3.8, 4) is 5.75 Å². The Bertz CT molecular complexity index is 1490. The highest BCUT2D eigenvalue weighted by Gasteiger charge is 2.37. The van der Waals surface area contributed by atoms with Gasteiger partial charge < -0.3 is 18.8 Å². The lowest BCUT2D eigenvalue weighted by molar-refractivity contribution is -0.165. The molecule has 0 saturated carbocycles. The zero-order chi connectivity index (χ0) is 32.7. The van der Waals surface area contributed by atoms with Gasteiger partial charge in [0.25, 0.3) is 11.8 Å². The summed E-state index contributed by atoms with van der Waals surface area (Å²) >= 11 is -2.36. The van der Waals surface area contributed by atoms with Crippen molar-refractivity contribution in [1.29, 1.82) is 0 Å². The summed E-state index contributed by atoms with van der Waals surface area (Å²) in [6, 6.07) is 17.5. The summed E-state index contributed by atoms with van der Waals surface area (Å²) in [7, 11) is 0. The van der Waals surface area contributed by atoms with Crippen LogP contribution in [0.5, 0.6) is 5.75 Å². The van der Waals surface area contributed by atoms with Crippen molar-refractivity contribution in [2.24, 2.45) is 5.41 Å². The first-order chi connectivity index (χ1) is 21.4. The average Bonchev–Trinajstić information content (AvgIpc) is 2.98. The number of ether oxygens (including phenoxy) is 3. The van der Waals surface area contributed by atoms with Gasteiger partial charge in [0.15, 0.2) is 17.4 Å². The first kappa shape index (κ1) is 34.3. The van der Waals surface area contributed by atoms with Crippen molar-refractivity contribution in [1.82, 2.24) is 10.4 Å². The van der Waals surface area contributed by atoms with E-state index < -0.39 is 28.4 Å². The van der Waals surface area contributed by atoms with Gasteiger partial charge in [-0.1, -0.05) is 68.3 Å². The Balaban J connectivity index is 1.67. The summed E-state index contributed by atoms with van der Waals surface area (Å²) in [6.07, 6.45) is 2.54. The van der Waals surface area contributed by atoms with Gasteiger partial charge >= 0.3 is 0 Å². The number of nitrogens with zero attached hydrogens (tertiary/aromatic N) is 1. The minimum Gasteiger partial charge on any atom is -0.490 e. The fraction of sp³-hybridized carbons (Fsp3) is 0.429. The average molecular weight is 637 g/mol. The molecule has 242 valence electrons. The topological polar surface area (TPSA) is 114 Å². The highest BCUT2D eigenvalue weighted by atomic mass is 32.2. The second kappa shape index (κ2) is 15.1. The van der Waals surface area contributed by atoms with Crippen LogP contribution in [0.4, 0.5) is 0 Å². The summed E-state index contributed by atoms with van der Waals surface area (Å²) in [5.74, 6) is -0.787. The number of carbonyl (C=O) groups excluding carboxylic acids is 2. The molecule has 0 bridgehead atoms. The molecule has 2 N–H and O–H groups in total. The zero-order valence-electron chi connectivity index (χ0n) is 26.9. The molecule has 3 aromatic rings. The van der Waals surface area contributed by atoms with E-state index in [1.54, 1.807) is 6.92 Å². The highest BCUT2D eigenvalue weighted by Crippen LogP contribution is 2.38. The standard InChI is InChI=1S/C35H44N2O7S/c1-23-20-24(2)22-27(21-23)34(39)37(32(35(4,5)6)26-12-8-7-9-13-26)36-33(38)28-15-16-29(45(40)41)31(25(28)3)44-19-18-43-30-14-10-11-17-42-30/h7-9,12-13,15-16,20-22,30,32H,10-11,14,17-19H2,1-6H3,(H,36,38)(H,40,41). The minimum atomic E-state index is -2.36. The molecule has 3 unspecified atom stereocenters. The van der Waals surface area contributed by atoms with E-state index >= 15 is 0 Å². The van der Waals surface area contributed by atoms with Crippen molar-refractivity contribution < 1.29 is 32.6 Å². The molecule has 45 heavy (non-hydrogen) atoms. The van der Waals surface area contributed by atoms with Gasteiger partial charge in [-0.25, -0.2) is 9.22 Å². The summed E-state index contributed by atoms with van der Waals surface area (Å²) in [4.78, 5) is 28.3. The van der Waals surface area contributed by atoms with Crippen LogP contribution >= 0.6 is 0 Å². The Hall–Kier alpha value is -3.57. The van der Waals surface area contributed by atoms with E-state index in [0.29, 0.717) is 17.7 Å². The number of aryl methyl sites for hydroxylation is 2. The van der Waals surface area contributed by atoms with Crippen molar-refractivity contribution >= 4 is 22.9 Å². The van der Waals surface area contributed by atoms with E-state index in [1.807, 2.05) is 83.1 Å². The van der Waals surface area contributed by atoms with Gasteiger partial charge in [-0.3, -0.25) is 15.0 Å². The first-order valence-corrected chi connectivity index (χ1v) is 16.4. The molecule has 0 radical (unpaired) electrons. The number of carbonyl (C=O) groups is 2.